The molecule has 62 valence electrons. The minimum absolute atomic E-state index is 0.191. The lowest BCUT2D eigenvalue weighted by Crippen LogP contribution is -1.91. The van der Waals surface area contributed by atoms with Gasteiger partial charge < -0.3 is 4.40 Å². The van der Waals surface area contributed by atoms with Gasteiger partial charge in [0.2, 0.25) is 0 Å². The maximum Gasteiger partial charge on any atom is 0.142 e. The van der Waals surface area contributed by atoms with E-state index in [0.717, 1.165) is 11.3 Å². The number of fused-ring (bicyclic) bond motifs is 1. The molecule has 0 aliphatic rings. The smallest absolute Gasteiger partial charge is 0.142 e. The van der Waals surface area contributed by atoms with Crippen molar-refractivity contribution in [2.45, 2.75) is 13.8 Å². The first kappa shape index (κ1) is 7.28. The molecule has 3 heteroatoms. The molecule has 0 aliphatic heterocycles. The molecule has 0 N–H and O–H groups in total. The first-order valence-electron chi connectivity index (χ1n) is 3.78. The van der Waals surface area contributed by atoms with Crippen LogP contribution in [0.5, 0.6) is 0 Å². The largest absolute Gasteiger partial charge is 0.301 e. The van der Waals surface area contributed by atoms with E-state index in [4.69, 9.17) is 0 Å². The Morgan fingerprint density at radius 3 is 2.92 bits per heavy atom. The third-order valence-corrected chi connectivity index (χ3v) is 1.98. The minimum atomic E-state index is -0.191. The standard InChI is InChI=1S/C9H9FN2/c1-6-3-9-11-4-7(2)12(9)5-8(6)10/h3-5H,1-2H3. The number of imidazole rings is 1. The van der Waals surface area contributed by atoms with Crippen LogP contribution in [0.1, 0.15) is 11.3 Å². The summed E-state index contributed by atoms with van der Waals surface area (Å²) in [6, 6.07) is 1.74. The Kier molecular flexibility index (Phi) is 1.40. The number of pyridine rings is 1. The number of aryl methyl sites for hydroxylation is 2. The molecule has 0 radical (unpaired) electrons. The summed E-state index contributed by atoms with van der Waals surface area (Å²) in [6.45, 7) is 3.63. The first-order valence-corrected chi connectivity index (χ1v) is 3.78. The van der Waals surface area contributed by atoms with Crippen LogP contribution in [0.2, 0.25) is 0 Å². The third-order valence-electron chi connectivity index (χ3n) is 1.98. The Morgan fingerprint density at radius 2 is 2.17 bits per heavy atom. The van der Waals surface area contributed by atoms with Crippen molar-refractivity contribution < 1.29 is 4.39 Å². The van der Waals surface area contributed by atoms with E-state index in [-0.39, 0.29) is 5.82 Å². The van der Waals surface area contributed by atoms with E-state index in [2.05, 4.69) is 4.98 Å². The average Bonchev–Trinajstić information content (AvgIpc) is 2.35. The van der Waals surface area contributed by atoms with Crippen molar-refractivity contribution in [2.24, 2.45) is 0 Å². The number of rotatable bonds is 0. The van der Waals surface area contributed by atoms with Gasteiger partial charge in [-0.2, -0.15) is 0 Å². The van der Waals surface area contributed by atoms with Gasteiger partial charge in [-0.1, -0.05) is 0 Å². The van der Waals surface area contributed by atoms with Crippen molar-refractivity contribution >= 4 is 5.65 Å². The molecule has 2 nitrogen and oxygen atoms in total. The highest BCUT2D eigenvalue weighted by Gasteiger charge is 2.02. The van der Waals surface area contributed by atoms with Crippen molar-refractivity contribution in [3.8, 4) is 0 Å². The molecule has 2 aromatic rings. The van der Waals surface area contributed by atoms with Crippen molar-refractivity contribution in [2.75, 3.05) is 0 Å². The summed E-state index contributed by atoms with van der Waals surface area (Å²) in [5.74, 6) is -0.191. The molecule has 2 heterocycles. The van der Waals surface area contributed by atoms with Crippen molar-refractivity contribution in [1.29, 1.82) is 0 Å². The van der Waals surface area contributed by atoms with E-state index in [9.17, 15) is 4.39 Å². The minimum Gasteiger partial charge on any atom is -0.301 e. The molecule has 2 rings (SSSR count). The van der Waals surface area contributed by atoms with Crippen LogP contribution < -0.4 is 0 Å². The van der Waals surface area contributed by atoms with Gasteiger partial charge in [-0.15, -0.1) is 0 Å². The maximum absolute atomic E-state index is 13.1. The molecule has 0 amide bonds. The van der Waals surface area contributed by atoms with E-state index in [0.29, 0.717) is 5.56 Å². The van der Waals surface area contributed by atoms with Crippen LogP contribution in [-0.2, 0) is 0 Å². The Morgan fingerprint density at radius 1 is 1.42 bits per heavy atom. The predicted molar refractivity (Wildman–Crippen MR) is 44.6 cm³/mol. The summed E-state index contributed by atoms with van der Waals surface area (Å²) in [6.07, 6.45) is 3.20. The Labute approximate surface area is 69.7 Å². The van der Waals surface area contributed by atoms with Crippen molar-refractivity contribution in [3.63, 3.8) is 0 Å². The predicted octanol–water partition coefficient (Wildman–Crippen LogP) is 2.09. The van der Waals surface area contributed by atoms with Gasteiger partial charge in [0.1, 0.15) is 11.5 Å². The molecule has 0 atom stereocenters. The van der Waals surface area contributed by atoms with E-state index in [1.54, 1.807) is 23.6 Å². The van der Waals surface area contributed by atoms with E-state index in [1.165, 1.54) is 6.20 Å². The van der Waals surface area contributed by atoms with Gasteiger partial charge >= 0.3 is 0 Å². The van der Waals surface area contributed by atoms with E-state index < -0.39 is 0 Å². The Bertz CT molecular complexity index is 431. The second kappa shape index (κ2) is 2.30. The molecular weight excluding hydrogens is 155 g/mol. The van der Waals surface area contributed by atoms with E-state index in [1.807, 2.05) is 6.92 Å². The van der Waals surface area contributed by atoms with Crippen LogP contribution in [0.25, 0.3) is 5.65 Å². The van der Waals surface area contributed by atoms with E-state index >= 15 is 0 Å². The van der Waals surface area contributed by atoms with Crippen LogP contribution in [0.3, 0.4) is 0 Å². The van der Waals surface area contributed by atoms with Gasteiger partial charge in [0.15, 0.2) is 0 Å². The van der Waals surface area contributed by atoms with Crippen molar-refractivity contribution in [1.82, 2.24) is 9.38 Å². The highest BCUT2D eigenvalue weighted by molar-refractivity contribution is 5.43. The molecule has 0 saturated heterocycles. The first-order chi connectivity index (χ1) is 5.68. The summed E-state index contributed by atoms with van der Waals surface area (Å²) >= 11 is 0. The second-order valence-electron chi connectivity index (χ2n) is 2.93. The molecule has 0 bridgehead atoms. The Hall–Kier alpha value is -1.38. The molecule has 0 fully saturated rings. The van der Waals surface area contributed by atoms with Crippen molar-refractivity contribution in [3.05, 3.63) is 35.5 Å². The quantitative estimate of drug-likeness (QED) is 0.582. The van der Waals surface area contributed by atoms with Crippen LogP contribution in [0.15, 0.2) is 18.5 Å². The molecule has 0 saturated carbocycles. The number of aromatic nitrogens is 2. The topological polar surface area (TPSA) is 17.3 Å². The number of hydrogen-bond donors (Lipinski definition) is 0. The summed E-state index contributed by atoms with van der Waals surface area (Å²) < 4.78 is 14.8. The zero-order valence-corrected chi connectivity index (χ0v) is 7.00. The summed E-state index contributed by atoms with van der Waals surface area (Å²) in [5, 5.41) is 0. The maximum atomic E-state index is 13.1. The molecule has 12 heavy (non-hydrogen) atoms. The monoisotopic (exact) mass is 164 g/mol. The summed E-state index contributed by atoms with van der Waals surface area (Å²) in [5.41, 5.74) is 2.38. The molecule has 0 aliphatic carbocycles. The fourth-order valence-electron chi connectivity index (χ4n) is 1.22. The van der Waals surface area contributed by atoms with Gasteiger partial charge in [-0.05, 0) is 25.5 Å². The fraction of sp³-hybridized carbons (Fsp3) is 0.222. The number of halogens is 1. The van der Waals surface area contributed by atoms with Crippen LogP contribution in [-0.4, -0.2) is 9.38 Å². The lowest BCUT2D eigenvalue weighted by atomic mass is 10.3. The second-order valence-corrected chi connectivity index (χ2v) is 2.93. The zero-order chi connectivity index (χ0) is 8.72. The summed E-state index contributed by atoms with van der Waals surface area (Å²) in [7, 11) is 0. The van der Waals surface area contributed by atoms with Crippen LogP contribution in [0, 0.1) is 19.7 Å². The molecule has 2 aromatic heterocycles. The van der Waals surface area contributed by atoms with Gasteiger partial charge in [0, 0.05) is 18.1 Å². The molecular formula is C9H9FN2. The van der Waals surface area contributed by atoms with Gasteiger partial charge in [0.05, 0.1) is 0 Å². The van der Waals surface area contributed by atoms with Gasteiger partial charge in [0.25, 0.3) is 0 Å². The fourth-order valence-corrected chi connectivity index (χ4v) is 1.22. The highest BCUT2D eigenvalue weighted by Crippen LogP contribution is 2.11. The average molecular weight is 164 g/mol. The summed E-state index contributed by atoms with van der Waals surface area (Å²) in [4.78, 5) is 4.12. The highest BCUT2D eigenvalue weighted by atomic mass is 19.1. The lowest BCUT2D eigenvalue weighted by Gasteiger charge is -1.98. The Balaban J connectivity index is 2.87. The van der Waals surface area contributed by atoms with Crippen LogP contribution in [0.4, 0.5) is 4.39 Å². The van der Waals surface area contributed by atoms with Gasteiger partial charge in [-0.3, -0.25) is 0 Å². The molecule has 0 aromatic carbocycles. The number of hydrogen-bond acceptors (Lipinski definition) is 1. The number of nitrogens with zero attached hydrogens (tertiary/aromatic N) is 2. The lowest BCUT2D eigenvalue weighted by molar-refractivity contribution is 0.609. The molecule has 0 spiro atoms. The molecule has 0 unspecified atom stereocenters. The SMILES string of the molecule is Cc1cc2ncc(C)n2cc1F. The van der Waals surface area contributed by atoms with Gasteiger partial charge in [-0.25, -0.2) is 9.37 Å². The zero-order valence-electron chi connectivity index (χ0n) is 7.00. The third kappa shape index (κ3) is 0.897. The van der Waals surface area contributed by atoms with Crippen LogP contribution >= 0.6 is 0 Å². The normalized spacial score (nSPS) is 10.9.